The second kappa shape index (κ2) is 9.27. The van der Waals surface area contributed by atoms with Gasteiger partial charge >= 0.3 is 6.03 Å². The van der Waals surface area contributed by atoms with Crippen LogP contribution in [0.2, 0.25) is 0 Å². The Hall–Kier alpha value is -2.08. The Labute approximate surface area is 146 Å². The Balaban J connectivity index is 1.57. The molecule has 2 aromatic rings. The van der Waals surface area contributed by atoms with E-state index in [-0.39, 0.29) is 11.8 Å². The fourth-order valence-electron chi connectivity index (χ4n) is 2.13. The summed E-state index contributed by atoms with van der Waals surface area (Å²) < 4.78 is 18.3. The molecular weight excluding hydrogens is 327 g/mol. The number of aryl methyl sites for hydroxylation is 1. The molecule has 0 aliphatic rings. The topological polar surface area (TPSA) is 41.6 Å². The van der Waals surface area contributed by atoms with E-state index >= 15 is 0 Å². The first kappa shape index (κ1) is 18.3. The molecule has 0 radical (unpaired) electrons. The molecule has 1 heterocycles. The first-order valence-electron chi connectivity index (χ1n) is 7.96. The highest BCUT2D eigenvalue weighted by molar-refractivity contribution is 7.10. The molecule has 2 amide bonds. The lowest BCUT2D eigenvalue weighted by atomic mass is 10.3. The monoisotopic (exact) mass is 350 g/mol. The van der Waals surface area contributed by atoms with Crippen LogP contribution in [0.3, 0.4) is 0 Å². The molecule has 2 rings (SSSR count). The van der Waals surface area contributed by atoms with Gasteiger partial charge in [-0.25, -0.2) is 9.18 Å². The van der Waals surface area contributed by atoms with Gasteiger partial charge in [0.2, 0.25) is 0 Å². The summed E-state index contributed by atoms with van der Waals surface area (Å²) in [4.78, 5) is 14.9. The summed E-state index contributed by atoms with van der Waals surface area (Å²) in [6.45, 7) is 3.84. The highest BCUT2D eigenvalue weighted by Crippen LogP contribution is 2.17. The second-order valence-electron chi connectivity index (χ2n) is 5.62. The van der Waals surface area contributed by atoms with Crippen LogP contribution in [0, 0.1) is 12.7 Å². The molecule has 0 bridgehead atoms. The van der Waals surface area contributed by atoms with Crippen LogP contribution in [0.15, 0.2) is 35.7 Å². The number of unbranched alkanes of at least 4 members (excludes halogenated alkanes) is 1. The number of urea groups is 1. The molecule has 1 N–H and O–H groups in total. The van der Waals surface area contributed by atoms with Crippen LogP contribution in [0.25, 0.3) is 0 Å². The summed E-state index contributed by atoms with van der Waals surface area (Å²) in [5, 5.41) is 4.95. The summed E-state index contributed by atoms with van der Waals surface area (Å²) in [5.74, 6) is 0.387. The fraction of sp³-hybridized carbons (Fsp3) is 0.389. The van der Waals surface area contributed by atoms with E-state index in [9.17, 15) is 9.18 Å². The van der Waals surface area contributed by atoms with E-state index in [4.69, 9.17) is 4.74 Å². The Morgan fingerprint density at radius 1 is 1.25 bits per heavy atom. The molecule has 1 aromatic heterocycles. The van der Waals surface area contributed by atoms with Crippen LogP contribution in [-0.4, -0.2) is 31.1 Å². The fourth-order valence-corrected chi connectivity index (χ4v) is 3.09. The molecule has 0 fully saturated rings. The number of halogens is 1. The van der Waals surface area contributed by atoms with Crippen LogP contribution in [0.4, 0.5) is 9.18 Å². The Kier molecular flexibility index (Phi) is 7.06. The van der Waals surface area contributed by atoms with Gasteiger partial charge in [-0.15, -0.1) is 11.3 Å². The van der Waals surface area contributed by atoms with Crippen LogP contribution < -0.4 is 10.1 Å². The molecule has 0 saturated carbocycles. The second-order valence-corrected chi connectivity index (χ2v) is 6.62. The molecule has 0 spiro atoms. The number of nitrogens with one attached hydrogen (secondary N) is 1. The molecule has 6 heteroatoms. The van der Waals surface area contributed by atoms with Crippen molar-refractivity contribution in [1.29, 1.82) is 0 Å². The number of carbonyl (C=O) groups excluding carboxylic acids is 1. The average molecular weight is 350 g/mol. The lowest BCUT2D eigenvalue weighted by molar-refractivity contribution is 0.206. The zero-order valence-electron chi connectivity index (χ0n) is 14.0. The standard InChI is InChI=1S/C18H23FN2O2S/c1-14-9-12-24-17(14)13-21(2)18(22)20-10-3-4-11-23-16-7-5-15(19)6-8-16/h5-9,12H,3-4,10-11,13H2,1-2H3,(H,20,22). The lowest BCUT2D eigenvalue weighted by Crippen LogP contribution is -2.37. The zero-order valence-corrected chi connectivity index (χ0v) is 14.9. The van der Waals surface area contributed by atoms with Gasteiger partial charge in [0.1, 0.15) is 11.6 Å². The number of rotatable bonds is 8. The van der Waals surface area contributed by atoms with Crippen molar-refractivity contribution in [2.75, 3.05) is 20.2 Å². The SMILES string of the molecule is Cc1ccsc1CN(C)C(=O)NCCCCOc1ccc(F)cc1. The van der Waals surface area contributed by atoms with Gasteiger partial charge in [-0.1, -0.05) is 0 Å². The summed E-state index contributed by atoms with van der Waals surface area (Å²) >= 11 is 1.67. The minimum Gasteiger partial charge on any atom is -0.494 e. The van der Waals surface area contributed by atoms with Crippen molar-refractivity contribution in [2.24, 2.45) is 0 Å². The molecule has 24 heavy (non-hydrogen) atoms. The maximum absolute atomic E-state index is 12.8. The van der Waals surface area contributed by atoms with E-state index in [1.54, 1.807) is 35.4 Å². The minimum absolute atomic E-state index is 0.0674. The number of amides is 2. The first-order valence-corrected chi connectivity index (χ1v) is 8.84. The Bertz CT molecular complexity index is 643. The van der Waals surface area contributed by atoms with Gasteiger partial charge in [-0.3, -0.25) is 0 Å². The summed E-state index contributed by atoms with van der Waals surface area (Å²) in [6.07, 6.45) is 1.66. The van der Waals surface area contributed by atoms with Gasteiger partial charge in [0.15, 0.2) is 0 Å². The molecule has 130 valence electrons. The highest BCUT2D eigenvalue weighted by atomic mass is 32.1. The van der Waals surface area contributed by atoms with Gasteiger partial charge < -0.3 is 15.0 Å². The van der Waals surface area contributed by atoms with Gasteiger partial charge in [0.25, 0.3) is 0 Å². The van der Waals surface area contributed by atoms with Gasteiger partial charge in [0, 0.05) is 18.5 Å². The van der Waals surface area contributed by atoms with Gasteiger partial charge in [0.05, 0.1) is 13.2 Å². The highest BCUT2D eigenvalue weighted by Gasteiger charge is 2.10. The molecular formula is C18H23FN2O2S. The maximum Gasteiger partial charge on any atom is 0.317 e. The number of carbonyl (C=O) groups is 1. The lowest BCUT2D eigenvalue weighted by Gasteiger charge is -2.17. The van der Waals surface area contributed by atoms with Crippen molar-refractivity contribution in [3.8, 4) is 5.75 Å². The van der Waals surface area contributed by atoms with Crippen molar-refractivity contribution < 1.29 is 13.9 Å². The first-order chi connectivity index (χ1) is 11.6. The predicted molar refractivity (Wildman–Crippen MR) is 95.1 cm³/mol. The number of hydrogen-bond acceptors (Lipinski definition) is 3. The number of hydrogen-bond donors (Lipinski definition) is 1. The van der Waals surface area contributed by atoms with Crippen molar-refractivity contribution in [1.82, 2.24) is 10.2 Å². The van der Waals surface area contributed by atoms with E-state index < -0.39 is 0 Å². The number of benzene rings is 1. The summed E-state index contributed by atoms with van der Waals surface area (Å²) in [6, 6.07) is 7.97. The van der Waals surface area contributed by atoms with E-state index in [0.717, 1.165) is 12.8 Å². The molecule has 4 nitrogen and oxygen atoms in total. The van der Waals surface area contributed by atoms with Crippen molar-refractivity contribution in [2.45, 2.75) is 26.3 Å². The molecule has 0 aliphatic carbocycles. The van der Waals surface area contributed by atoms with Crippen LogP contribution in [0.5, 0.6) is 5.75 Å². The molecule has 0 saturated heterocycles. The number of thiophene rings is 1. The van der Waals surface area contributed by atoms with Gasteiger partial charge in [-0.2, -0.15) is 0 Å². The predicted octanol–water partition coefficient (Wildman–Crippen LogP) is 4.20. The summed E-state index contributed by atoms with van der Waals surface area (Å²) in [5.41, 5.74) is 1.22. The zero-order chi connectivity index (χ0) is 17.4. The van der Waals surface area contributed by atoms with Gasteiger partial charge in [-0.05, 0) is 61.0 Å². The minimum atomic E-state index is -0.271. The Morgan fingerprint density at radius 2 is 2.00 bits per heavy atom. The van der Waals surface area contributed by atoms with E-state index in [2.05, 4.69) is 18.3 Å². The molecule has 1 aromatic carbocycles. The van der Waals surface area contributed by atoms with E-state index in [0.29, 0.717) is 25.4 Å². The summed E-state index contributed by atoms with van der Waals surface area (Å²) in [7, 11) is 1.80. The van der Waals surface area contributed by atoms with Crippen molar-refractivity contribution in [3.05, 3.63) is 52.0 Å². The molecule has 0 aliphatic heterocycles. The molecule has 0 unspecified atom stereocenters. The largest absolute Gasteiger partial charge is 0.494 e. The van der Waals surface area contributed by atoms with E-state index in [1.165, 1.54) is 22.6 Å². The number of nitrogens with zero attached hydrogens (tertiary/aromatic N) is 1. The van der Waals surface area contributed by atoms with Crippen LogP contribution in [-0.2, 0) is 6.54 Å². The third kappa shape index (κ3) is 5.85. The van der Waals surface area contributed by atoms with E-state index in [1.807, 2.05) is 5.38 Å². The van der Waals surface area contributed by atoms with Crippen LogP contribution >= 0.6 is 11.3 Å². The smallest absolute Gasteiger partial charge is 0.317 e. The average Bonchev–Trinajstić information content (AvgIpc) is 2.97. The Morgan fingerprint density at radius 3 is 2.67 bits per heavy atom. The third-order valence-electron chi connectivity index (χ3n) is 3.63. The maximum atomic E-state index is 12.8. The molecule has 0 atom stereocenters. The quantitative estimate of drug-likeness (QED) is 0.725. The van der Waals surface area contributed by atoms with Crippen molar-refractivity contribution in [3.63, 3.8) is 0 Å². The van der Waals surface area contributed by atoms with Crippen molar-refractivity contribution >= 4 is 17.4 Å². The normalized spacial score (nSPS) is 10.5. The third-order valence-corrected chi connectivity index (χ3v) is 4.63. The number of ether oxygens (including phenoxy) is 1. The van der Waals surface area contributed by atoms with Crippen LogP contribution in [0.1, 0.15) is 23.3 Å².